The number of fused-ring (bicyclic) bond motifs is 6. The van der Waals surface area contributed by atoms with Crippen LogP contribution in [-0.2, 0) is 0 Å². The minimum Gasteiger partial charge on any atom is -0.0622 e. The van der Waals surface area contributed by atoms with Crippen molar-refractivity contribution in [2.75, 3.05) is 0 Å². The molecule has 0 atom stereocenters. The second kappa shape index (κ2) is 7.41. The first-order valence-electron chi connectivity index (χ1n) is 12.5. The molecule has 166 valence electrons. The van der Waals surface area contributed by atoms with Crippen LogP contribution in [0.5, 0.6) is 0 Å². The number of hydrogen-bond acceptors (Lipinski definition) is 0. The number of rotatable bonds is 1. The van der Waals surface area contributed by atoms with Gasteiger partial charge in [0.15, 0.2) is 0 Å². The van der Waals surface area contributed by atoms with Gasteiger partial charge >= 0.3 is 0 Å². The van der Waals surface area contributed by atoms with Crippen molar-refractivity contribution in [2.45, 2.75) is 0 Å². The number of benzene rings is 8. The lowest BCUT2D eigenvalue weighted by atomic mass is 9.93. The highest BCUT2D eigenvalue weighted by Crippen LogP contribution is 2.35. The topological polar surface area (TPSA) is 0 Å². The molecule has 36 heavy (non-hydrogen) atoms. The Morgan fingerprint density at radius 3 is 1.17 bits per heavy atom. The zero-order valence-corrected chi connectivity index (χ0v) is 19.7. The van der Waals surface area contributed by atoms with E-state index in [4.69, 9.17) is 0 Å². The monoisotopic (exact) mass is 454 g/mol. The molecule has 0 bridgehead atoms. The molecule has 0 heteroatoms. The maximum absolute atomic E-state index is 2.36. The van der Waals surface area contributed by atoms with E-state index in [1.54, 1.807) is 0 Å². The first kappa shape index (κ1) is 19.6. The third-order valence-electron chi connectivity index (χ3n) is 7.65. The summed E-state index contributed by atoms with van der Waals surface area (Å²) in [6.07, 6.45) is 0. The third kappa shape index (κ3) is 3.01. The summed E-state index contributed by atoms with van der Waals surface area (Å²) in [6.45, 7) is 0. The summed E-state index contributed by atoms with van der Waals surface area (Å²) in [4.78, 5) is 0. The fourth-order valence-corrected chi connectivity index (χ4v) is 5.84. The normalized spacial score (nSPS) is 11.9. The fourth-order valence-electron chi connectivity index (χ4n) is 5.84. The van der Waals surface area contributed by atoms with Crippen molar-refractivity contribution in [3.63, 3.8) is 0 Å². The van der Waals surface area contributed by atoms with E-state index in [9.17, 15) is 0 Å². The largest absolute Gasteiger partial charge is 0.0622 e. The smallest absolute Gasteiger partial charge is 0.00990 e. The van der Waals surface area contributed by atoms with E-state index >= 15 is 0 Å². The van der Waals surface area contributed by atoms with Crippen molar-refractivity contribution >= 4 is 64.6 Å². The van der Waals surface area contributed by atoms with E-state index in [-0.39, 0.29) is 0 Å². The van der Waals surface area contributed by atoms with E-state index in [1.807, 2.05) is 0 Å². The minimum atomic E-state index is 1.26. The van der Waals surface area contributed by atoms with Crippen LogP contribution in [0.4, 0.5) is 0 Å². The maximum Gasteiger partial charge on any atom is -0.00990 e. The van der Waals surface area contributed by atoms with E-state index in [2.05, 4.69) is 133 Å². The highest BCUT2D eigenvalue weighted by atomic mass is 14.1. The standard InChI is InChI=1S/C36H22/c1-2-7-23(8-3-1)35-12-6-11-26-15-29-18-32-19-30-16-27-13-24-9-4-5-10-25(24)14-28(27)17-31(30)20-33(32)21-34(29)22-36(26)35/h1-22H. The molecule has 0 aromatic heterocycles. The van der Waals surface area contributed by atoms with Gasteiger partial charge < -0.3 is 0 Å². The molecule has 0 spiro atoms. The van der Waals surface area contributed by atoms with Gasteiger partial charge in [0, 0.05) is 0 Å². The van der Waals surface area contributed by atoms with Crippen LogP contribution in [0.15, 0.2) is 133 Å². The van der Waals surface area contributed by atoms with Crippen molar-refractivity contribution < 1.29 is 0 Å². The van der Waals surface area contributed by atoms with E-state index in [0.29, 0.717) is 0 Å². The molecule has 0 saturated carbocycles. The summed E-state index contributed by atoms with van der Waals surface area (Å²) in [5.41, 5.74) is 2.54. The summed E-state index contributed by atoms with van der Waals surface area (Å²) in [7, 11) is 0. The Labute approximate surface area is 209 Å². The minimum absolute atomic E-state index is 1.26. The molecule has 8 aromatic carbocycles. The Bertz CT molecular complexity index is 2130. The molecule has 0 nitrogen and oxygen atoms in total. The van der Waals surface area contributed by atoms with Gasteiger partial charge in [-0.05, 0) is 136 Å². The van der Waals surface area contributed by atoms with Crippen LogP contribution in [0.2, 0.25) is 0 Å². The summed E-state index contributed by atoms with van der Waals surface area (Å²) < 4.78 is 0. The molecule has 0 radical (unpaired) electrons. The van der Waals surface area contributed by atoms with Gasteiger partial charge in [0.05, 0.1) is 0 Å². The molecule has 0 unspecified atom stereocenters. The van der Waals surface area contributed by atoms with Gasteiger partial charge in [0.25, 0.3) is 0 Å². The zero-order chi connectivity index (χ0) is 23.6. The van der Waals surface area contributed by atoms with E-state index in [1.165, 1.54) is 75.8 Å². The molecule has 8 aromatic rings. The van der Waals surface area contributed by atoms with Crippen LogP contribution in [0.25, 0.3) is 75.8 Å². The second-order valence-corrected chi connectivity index (χ2v) is 9.89. The predicted octanol–water partition coefficient (Wildman–Crippen LogP) is 10.3. The molecule has 0 heterocycles. The van der Waals surface area contributed by atoms with E-state index in [0.717, 1.165) is 0 Å². The van der Waals surface area contributed by atoms with Gasteiger partial charge in [0.1, 0.15) is 0 Å². The molecule has 0 aliphatic carbocycles. The van der Waals surface area contributed by atoms with Crippen molar-refractivity contribution in [2.24, 2.45) is 0 Å². The maximum atomic E-state index is 2.36. The van der Waals surface area contributed by atoms with Gasteiger partial charge in [-0.25, -0.2) is 0 Å². The van der Waals surface area contributed by atoms with Gasteiger partial charge in [-0.2, -0.15) is 0 Å². The van der Waals surface area contributed by atoms with Gasteiger partial charge in [-0.3, -0.25) is 0 Å². The van der Waals surface area contributed by atoms with Crippen LogP contribution in [0.1, 0.15) is 0 Å². The average molecular weight is 455 g/mol. The van der Waals surface area contributed by atoms with Gasteiger partial charge in [-0.1, -0.05) is 72.8 Å². The van der Waals surface area contributed by atoms with Crippen LogP contribution in [0.3, 0.4) is 0 Å². The zero-order valence-electron chi connectivity index (χ0n) is 19.7. The second-order valence-electron chi connectivity index (χ2n) is 9.89. The lowest BCUT2D eigenvalue weighted by Gasteiger charge is -2.11. The van der Waals surface area contributed by atoms with Crippen LogP contribution < -0.4 is 0 Å². The third-order valence-corrected chi connectivity index (χ3v) is 7.65. The fraction of sp³-hybridized carbons (Fsp3) is 0. The highest BCUT2D eigenvalue weighted by molar-refractivity contribution is 6.12. The molecule has 0 aliphatic rings. The molecule has 0 N–H and O–H groups in total. The van der Waals surface area contributed by atoms with Crippen LogP contribution in [-0.4, -0.2) is 0 Å². The molecule has 8 rings (SSSR count). The summed E-state index contributed by atoms with van der Waals surface area (Å²) in [6, 6.07) is 49.3. The van der Waals surface area contributed by atoms with Gasteiger partial charge in [-0.15, -0.1) is 0 Å². The van der Waals surface area contributed by atoms with Crippen molar-refractivity contribution in [3.8, 4) is 11.1 Å². The summed E-state index contributed by atoms with van der Waals surface area (Å²) in [5.74, 6) is 0. The summed E-state index contributed by atoms with van der Waals surface area (Å²) in [5, 5.41) is 15.5. The van der Waals surface area contributed by atoms with Crippen molar-refractivity contribution in [1.82, 2.24) is 0 Å². The van der Waals surface area contributed by atoms with Crippen molar-refractivity contribution in [3.05, 3.63) is 133 Å². The lowest BCUT2D eigenvalue weighted by Crippen LogP contribution is -1.84. The molecular weight excluding hydrogens is 432 g/mol. The number of hydrogen-bond donors (Lipinski definition) is 0. The molecule has 0 amide bonds. The van der Waals surface area contributed by atoms with Crippen LogP contribution >= 0.6 is 0 Å². The average Bonchev–Trinajstić information content (AvgIpc) is 2.92. The quantitative estimate of drug-likeness (QED) is 0.216. The molecular formula is C36H22. The highest BCUT2D eigenvalue weighted by Gasteiger charge is 2.08. The Hall–Kier alpha value is -4.68. The Morgan fingerprint density at radius 2 is 0.639 bits per heavy atom. The first-order valence-corrected chi connectivity index (χ1v) is 12.5. The van der Waals surface area contributed by atoms with Gasteiger partial charge in [0.2, 0.25) is 0 Å². The predicted molar refractivity (Wildman–Crippen MR) is 157 cm³/mol. The Kier molecular flexibility index (Phi) is 4.03. The Morgan fingerprint density at radius 1 is 0.250 bits per heavy atom. The molecule has 0 saturated heterocycles. The molecule has 0 aliphatic heterocycles. The SMILES string of the molecule is c1ccc(-c2cccc3cc4cc5cc6cc7cc8ccccc8cc7cc6cc5cc4cc23)cc1. The van der Waals surface area contributed by atoms with Crippen LogP contribution in [0, 0.1) is 0 Å². The summed E-state index contributed by atoms with van der Waals surface area (Å²) >= 11 is 0. The Balaban J connectivity index is 1.38. The van der Waals surface area contributed by atoms with E-state index < -0.39 is 0 Å². The first-order chi connectivity index (χ1) is 17.8. The lowest BCUT2D eigenvalue weighted by molar-refractivity contribution is 1.66. The van der Waals surface area contributed by atoms with Crippen molar-refractivity contribution in [1.29, 1.82) is 0 Å². The molecule has 0 fully saturated rings.